The Bertz CT molecular complexity index is 1640. The van der Waals surface area contributed by atoms with Crippen molar-refractivity contribution in [2.24, 2.45) is 0 Å². The van der Waals surface area contributed by atoms with Gasteiger partial charge >= 0.3 is 12.6 Å². The highest BCUT2D eigenvalue weighted by Crippen LogP contribution is 2.49. The molecule has 2 aromatic carbocycles. The maximum atomic E-state index is 13.2. The Kier molecular flexibility index (Phi) is 6.84. The van der Waals surface area contributed by atoms with E-state index in [2.05, 4.69) is 4.98 Å². The summed E-state index contributed by atoms with van der Waals surface area (Å²) >= 11 is 6.22. The van der Waals surface area contributed by atoms with Crippen LogP contribution in [0.4, 0.5) is 8.78 Å². The number of nitrogens with zero attached hydrogens (tertiary/aromatic N) is 2. The molecule has 1 N–H and O–H groups in total. The van der Waals surface area contributed by atoms with Gasteiger partial charge in [0.2, 0.25) is 0 Å². The molecule has 0 amide bonds. The van der Waals surface area contributed by atoms with Gasteiger partial charge in [-0.25, -0.2) is 18.2 Å². The number of aromatic nitrogens is 2. The zero-order chi connectivity index (χ0) is 27.2. The largest absolute Gasteiger partial charge is 0.480 e. The van der Waals surface area contributed by atoms with Crippen LogP contribution in [0.15, 0.2) is 65.7 Å². The van der Waals surface area contributed by atoms with Gasteiger partial charge in [0.1, 0.15) is 24.1 Å². The highest BCUT2D eigenvalue weighted by Gasteiger charge is 2.39. The van der Waals surface area contributed by atoms with Crippen molar-refractivity contribution in [3.63, 3.8) is 0 Å². The summed E-state index contributed by atoms with van der Waals surface area (Å²) in [7, 11) is -3.35. The van der Waals surface area contributed by atoms with Crippen molar-refractivity contribution in [2.45, 2.75) is 29.9 Å². The summed E-state index contributed by atoms with van der Waals surface area (Å²) < 4.78 is 62.3. The molecular weight excluding hydrogens is 542 g/mol. The Hall–Kier alpha value is -3.54. The fraction of sp³-hybridized carbons (Fsp3) is 0.231. The van der Waals surface area contributed by atoms with E-state index in [1.54, 1.807) is 34.9 Å². The van der Waals surface area contributed by atoms with Crippen LogP contribution >= 0.6 is 11.6 Å². The van der Waals surface area contributed by atoms with Gasteiger partial charge in [-0.05, 0) is 60.0 Å². The summed E-state index contributed by atoms with van der Waals surface area (Å²) in [5, 5.41) is 9.47. The lowest BCUT2D eigenvalue weighted by atomic mass is 9.95. The zero-order valence-electron chi connectivity index (χ0n) is 19.8. The van der Waals surface area contributed by atoms with E-state index in [0.29, 0.717) is 27.6 Å². The van der Waals surface area contributed by atoms with E-state index in [0.717, 1.165) is 17.4 Å². The SMILES string of the molecule is CS(=O)(=O)c1ccc(-c2ccc3nc4c(n3c2)[C@@H](c2cc(Cl)ccc2OC(F)F)C[C@H]4OCC(=O)O)cc1. The molecule has 5 rings (SSSR count). The van der Waals surface area contributed by atoms with E-state index < -0.39 is 41.0 Å². The van der Waals surface area contributed by atoms with E-state index >= 15 is 0 Å². The molecule has 198 valence electrons. The number of hydrogen-bond acceptors (Lipinski definition) is 6. The number of sulfone groups is 1. The first-order valence-electron chi connectivity index (χ1n) is 11.4. The number of fused-ring (bicyclic) bond motifs is 3. The van der Waals surface area contributed by atoms with Crippen LogP contribution in [0.3, 0.4) is 0 Å². The molecule has 2 atom stereocenters. The number of rotatable bonds is 8. The Morgan fingerprint density at radius 1 is 1.16 bits per heavy atom. The number of aliphatic carboxylic acids is 1. The van der Waals surface area contributed by atoms with Gasteiger partial charge in [-0.15, -0.1) is 0 Å². The first-order chi connectivity index (χ1) is 18.0. The number of carboxylic acids is 1. The quantitative estimate of drug-likeness (QED) is 0.309. The molecule has 2 aromatic heterocycles. The molecule has 38 heavy (non-hydrogen) atoms. The smallest absolute Gasteiger partial charge is 0.387 e. The first kappa shape index (κ1) is 26.1. The molecule has 0 spiro atoms. The summed E-state index contributed by atoms with van der Waals surface area (Å²) in [5.74, 6) is -1.75. The lowest BCUT2D eigenvalue weighted by Gasteiger charge is -2.18. The second-order valence-corrected chi connectivity index (χ2v) is 11.3. The molecule has 0 aliphatic heterocycles. The Morgan fingerprint density at radius 2 is 1.87 bits per heavy atom. The maximum absolute atomic E-state index is 13.2. The Labute approximate surface area is 221 Å². The Balaban J connectivity index is 1.64. The monoisotopic (exact) mass is 562 g/mol. The minimum atomic E-state index is -3.35. The number of alkyl halides is 2. The van der Waals surface area contributed by atoms with E-state index in [9.17, 15) is 22.0 Å². The fourth-order valence-corrected chi connectivity index (χ4v) is 5.57. The van der Waals surface area contributed by atoms with Crippen molar-refractivity contribution in [1.82, 2.24) is 9.38 Å². The number of pyridine rings is 1. The van der Waals surface area contributed by atoms with Crippen molar-refractivity contribution in [2.75, 3.05) is 12.9 Å². The van der Waals surface area contributed by atoms with Crippen LogP contribution in [0, 0.1) is 0 Å². The third kappa shape index (κ3) is 5.09. The van der Waals surface area contributed by atoms with Gasteiger partial charge in [0.15, 0.2) is 9.84 Å². The summed E-state index contributed by atoms with van der Waals surface area (Å²) in [4.78, 5) is 16.0. The number of halogens is 3. The van der Waals surface area contributed by atoms with Gasteiger partial charge in [-0.1, -0.05) is 23.7 Å². The van der Waals surface area contributed by atoms with Crippen molar-refractivity contribution in [1.29, 1.82) is 0 Å². The van der Waals surface area contributed by atoms with Gasteiger partial charge in [0.25, 0.3) is 0 Å². The van der Waals surface area contributed by atoms with E-state index in [1.165, 1.54) is 24.3 Å². The van der Waals surface area contributed by atoms with Gasteiger partial charge < -0.3 is 19.0 Å². The van der Waals surface area contributed by atoms with Crippen molar-refractivity contribution in [3.8, 4) is 16.9 Å². The second kappa shape index (κ2) is 9.97. The van der Waals surface area contributed by atoms with Crippen molar-refractivity contribution < 1.29 is 36.6 Å². The molecule has 0 saturated heterocycles. The molecule has 12 heteroatoms. The lowest BCUT2D eigenvalue weighted by Crippen LogP contribution is -2.11. The number of ether oxygens (including phenoxy) is 2. The normalized spacial score (nSPS) is 17.2. The molecule has 0 bridgehead atoms. The van der Waals surface area contributed by atoms with Crippen molar-refractivity contribution >= 4 is 33.1 Å². The topological polar surface area (TPSA) is 107 Å². The third-order valence-electron chi connectivity index (χ3n) is 6.36. The van der Waals surface area contributed by atoms with E-state index in [-0.39, 0.29) is 17.1 Å². The summed E-state index contributed by atoms with van der Waals surface area (Å²) in [6.07, 6.45) is 2.47. The summed E-state index contributed by atoms with van der Waals surface area (Å²) in [6.45, 7) is -3.61. The average Bonchev–Trinajstić information content (AvgIpc) is 3.40. The van der Waals surface area contributed by atoms with Crippen LogP contribution in [-0.2, 0) is 19.4 Å². The third-order valence-corrected chi connectivity index (χ3v) is 7.72. The molecule has 0 radical (unpaired) electrons. The van der Waals surface area contributed by atoms with Gasteiger partial charge in [-0.2, -0.15) is 8.78 Å². The van der Waals surface area contributed by atoms with Crippen LogP contribution in [0.25, 0.3) is 16.8 Å². The zero-order valence-corrected chi connectivity index (χ0v) is 21.4. The van der Waals surface area contributed by atoms with Gasteiger partial charge in [-0.3, -0.25) is 0 Å². The summed E-state index contributed by atoms with van der Waals surface area (Å²) in [6, 6.07) is 14.4. The van der Waals surface area contributed by atoms with Crippen LogP contribution in [-0.4, -0.2) is 48.4 Å². The molecule has 1 aliphatic rings. The number of imidazole rings is 1. The van der Waals surface area contributed by atoms with E-state index in [4.69, 9.17) is 26.2 Å². The standard InChI is InChI=1S/C26H21ClF2N2O6S/c1-38(34,35)17-6-2-14(3-7-17)15-4-9-22-30-24-21(36-13-23(32)33)11-19(25(24)31(22)12-15)18-10-16(27)5-8-20(18)37-26(28)29/h2-10,12,19,21,26H,11,13H2,1H3,(H,32,33)/t19-,21-/m1/s1. The number of carboxylic acid groups (broad SMARTS) is 1. The first-order valence-corrected chi connectivity index (χ1v) is 13.7. The lowest BCUT2D eigenvalue weighted by molar-refractivity contribution is -0.144. The molecule has 0 unspecified atom stereocenters. The van der Waals surface area contributed by atoms with Crippen LogP contribution in [0.5, 0.6) is 5.75 Å². The molecule has 8 nitrogen and oxygen atoms in total. The molecule has 0 saturated carbocycles. The molecular formula is C26H21ClF2N2O6S. The molecule has 4 aromatic rings. The van der Waals surface area contributed by atoms with Gasteiger partial charge in [0, 0.05) is 29.0 Å². The minimum Gasteiger partial charge on any atom is -0.480 e. The summed E-state index contributed by atoms with van der Waals surface area (Å²) in [5.41, 5.74) is 3.56. The minimum absolute atomic E-state index is 0.0540. The molecule has 0 fully saturated rings. The van der Waals surface area contributed by atoms with Crippen LogP contribution in [0.1, 0.15) is 35.4 Å². The average molecular weight is 563 g/mol. The van der Waals surface area contributed by atoms with Gasteiger partial charge in [0.05, 0.1) is 16.3 Å². The molecule has 1 aliphatic carbocycles. The number of hydrogen-bond donors (Lipinski definition) is 1. The number of carbonyl (C=O) groups is 1. The van der Waals surface area contributed by atoms with E-state index in [1.807, 2.05) is 6.07 Å². The predicted molar refractivity (Wildman–Crippen MR) is 135 cm³/mol. The van der Waals surface area contributed by atoms with Crippen LogP contribution < -0.4 is 4.74 Å². The fourth-order valence-electron chi connectivity index (χ4n) is 4.76. The second-order valence-electron chi connectivity index (χ2n) is 8.87. The number of benzene rings is 2. The maximum Gasteiger partial charge on any atom is 0.387 e. The molecule has 2 heterocycles. The highest BCUT2D eigenvalue weighted by atomic mass is 35.5. The predicted octanol–water partition coefficient (Wildman–Crippen LogP) is 5.34. The Morgan fingerprint density at radius 3 is 2.53 bits per heavy atom. The van der Waals surface area contributed by atoms with Crippen LogP contribution in [0.2, 0.25) is 5.02 Å². The van der Waals surface area contributed by atoms with Crippen molar-refractivity contribution in [3.05, 3.63) is 82.8 Å². The highest BCUT2D eigenvalue weighted by molar-refractivity contribution is 7.90.